The molecule has 0 aromatic carbocycles. The molecule has 0 amide bonds. The van der Waals surface area contributed by atoms with Gasteiger partial charge >= 0.3 is 0 Å². The van der Waals surface area contributed by atoms with Crippen molar-refractivity contribution in [3.63, 3.8) is 0 Å². The van der Waals surface area contributed by atoms with Gasteiger partial charge in [0.15, 0.2) is 10.8 Å². The lowest BCUT2D eigenvalue weighted by Gasteiger charge is -2.36. The van der Waals surface area contributed by atoms with E-state index < -0.39 is 5.60 Å². The van der Waals surface area contributed by atoms with Gasteiger partial charge in [0.1, 0.15) is 0 Å². The average Bonchev–Trinajstić information content (AvgIpc) is 2.88. The lowest BCUT2D eigenvalue weighted by Crippen LogP contribution is -2.43. The predicted molar refractivity (Wildman–Crippen MR) is 73.0 cm³/mol. The van der Waals surface area contributed by atoms with E-state index in [0.717, 1.165) is 42.4 Å². The Balaban J connectivity index is 1.92. The minimum atomic E-state index is -0.531. The van der Waals surface area contributed by atoms with Crippen LogP contribution in [-0.2, 0) is 6.54 Å². The summed E-state index contributed by atoms with van der Waals surface area (Å²) in [7, 11) is 0. The molecular weight excluding hydrogens is 248 g/mol. The van der Waals surface area contributed by atoms with Gasteiger partial charge in [0.05, 0.1) is 11.3 Å². The molecule has 0 radical (unpaired) electrons. The van der Waals surface area contributed by atoms with Gasteiger partial charge in [-0.1, -0.05) is 0 Å². The molecule has 1 fully saturated rings. The van der Waals surface area contributed by atoms with Gasteiger partial charge < -0.3 is 15.7 Å². The van der Waals surface area contributed by atoms with Crippen molar-refractivity contribution in [1.82, 2.24) is 9.38 Å². The molecule has 3 rings (SSSR count). The van der Waals surface area contributed by atoms with Crippen molar-refractivity contribution in [3.8, 4) is 0 Å². The average molecular weight is 266 g/mol. The van der Waals surface area contributed by atoms with E-state index in [0.29, 0.717) is 6.54 Å². The van der Waals surface area contributed by atoms with E-state index in [2.05, 4.69) is 14.3 Å². The van der Waals surface area contributed by atoms with Crippen LogP contribution in [0.1, 0.15) is 25.5 Å². The molecule has 3 heterocycles. The second-order valence-electron chi connectivity index (χ2n) is 5.13. The highest BCUT2D eigenvalue weighted by Gasteiger charge is 2.29. The summed E-state index contributed by atoms with van der Waals surface area (Å²) in [6.45, 7) is 4.07. The monoisotopic (exact) mass is 266 g/mol. The van der Waals surface area contributed by atoms with E-state index >= 15 is 0 Å². The Labute approximate surface area is 110 Å². The maximum absolute atomic E-state index is 9.99. The first-order valence-corrected chi connectivity index (χ1v) is 7.10. The van der Waals surface area contributed by atoms with Crippen molar-refractivity contribution >= 4 is 22.1 Å². The van der Waals surface area contributed by atoms with Gasteiger partial charge in [0, 0.05) is 31.2 Å². The van der Waals surface area contributed by atoms with Crippen LogP contribution in [-0.4, -0.2) is 33.2 Å². The molecule has 1 aliphatic heterocycles. The molecule has 0 bridgehead atoms. The Morgan fingerprint density at radius 1 is 1.50 bits per heavy atom. The number of thiazole rings is 1. The summed E-state index contributed by atoms with van der Waals surface area (Å²) in [4.78, 5) is 7.89. The lowest BCUT2D eigenvalue weighted by molar-refractivity contribution is 0.0350. The van der Waals surface area contributed by atoms with Gasteiger partial charge in [-0.05, 0) is 19.8 Å². The molecule has 0 unspecified atom stereocenters. The fraction of sp³-hybridized carbons (Fsp3) is 0.583. The highest BCUT2D eigenvalue weighted by molar-refractivity contribution is 7.15. The van der Waals surface area contributed by atoms with Crippen molar-refractivity contribution in [1.29, 1.82) is 0 Å². The first-order valence-electron chi connectivity index (χ1n) is 6.22. The van der Waals surface area contributed by atoms with Gasteiger partial charge in [-0.25, -0.2) is 4.98 Å². The summed E-state index contributed by atoms with van der Waals surface area (Å²) < 4.78 is 2.06. The van der Waals surface area contributed by atoms with Crippen LogP contribution in [0, 0.1) is 0 Å². The normalized spacial score (nSPS) is 19.6. The molecule has 98 valence electrons. The van der Waals surface area contributed by atoms with Crippen LogP contribution in [0.25, 0.3) is 4.96 Å². The van der Waals surface area contributed by atoms with Gasteiger partial charge in [0.25, 0.3) is 0 Å². The maximum Gasteiger partial charge on any atom is 0.195 e. The number of nitrogens with two attached hydrogens (primary N) is 1. The SMILES string of the molecule is CC1(O)CCN(c2nc3sccn3c2CN)CC1. The second kappa shape index (κ2) is 4.22. The van der Waals surface area contributed by atoms with Crippen LogP contribution < -0.4 is 10.6 Å². The van der Waals surface area contributed by atoms with Crippen molar-refractivity contribution in [2.45, 2.75) is 31.9 Å². The highest BCUT2D eigenvalue weighted by Crippen LogP contribution is 2.29. The number of imidazole rings is 1. The largest absolute Gasteiger partial charge is 0.390 e. The smallest absolute Gasteiger partial charge is 0.195 e. The van der Waals surface area contributed by atoms with Crippen LogP contribution in [0.3, 0.4) is 0 Å². The molecule has 0 aliphatic carbocycles. The fourth-order valence-corrected chi connectivity index (χ4v) is 3.19. The summed E-state index contributed by atoms with van der Waals surface area (Å²) in [5.41, 5.74) is 6.38. The molecule has 1 aliphatic rings. The molecule has 18 heavy (non-hydrogen) atoms. The summed E-state index contributed by atoms with van der Waals surface area (Å²) in [5.74, 6) is 0.986. The molecule has 2 aromatic heterocycles. The third-order valence-electron chi connectivity index (χ3n) is 3.67. The number of rotatable bonds is 2. The number of piperidine rings is 1. The quantitative estimate of drug-likeness (QED) is 0.857. The van der Waals surface area contributed by atoms with E-state index in [1.165, 1.54) is 0 Å². The van der Waals surface area contributed by atoms with Crippen LogP contribution >= 0.6 is 11.3 Å². The Kier molecular flexibility index (Phi) is 2.80. The van der Waals surface area contributed by atoms with Crippen LogP contribution in [0.15, 0.2) is 11.6 Å². The third-order valence-corrected chi connectivity index (χ3v) is 4.43. The topological polar surface area (TPSA) is 66.8 Å². The minimum absolute atomic E-state index is 0.486. The third kappa shape index (κ3) is 1.90. The number of fused-ring (bicyclic) bond motifs is 1. The standard InChI is InChI=1S/C12H18N4OS/c1-12(17)2-4-15(5-3-12)10-9(8-13)16-6-7-18-11(16)14-10/h6-7,17H,2-5,8,13H2,1H3. The number of anilines is 1. The lowest BCUT2D eigenvalue weighted by atomic mass is 9.94. The summed E-state index contributed by atoms with van der Waals surface area (Å²) in [6.07, 6.45) is 3.57. The molecular formula is C12H18N4OS. The number of aromatic nitrogens is 2. The van der Waals surface area contributed by atoms with Crippen molar-refractivity contribution in [2.75, 3.05) is 18.0 Å². The summed E-state index contributed by atoms with van der Waals surface area (Å²) in [6, 6.07) is 0. The fourth-order valence-electron chi connectivity index (χ4n) is 2.46. The van der Waals surface area contributed by atoms with Crippen molar-refractivity contribution in [2.24, 2.45) is 5.73 Å². The van der Waals surface area contributed by atoms with E-state index in [1.54, 1.807) is 11.3 Å². The minimum Gasteiger partial charge on any atom is -0.390 e. The Hall–Kier alpha value is -1.11. The van der Waals surface area contributed by atoms with E-state index in [9.17, 15) is 5.11 Å². The zero-order valence-corrected chi connectivity index (χ0v) is 11.3. The predicted octanol–water partition coefficient (Wildman–Crippen LogP) is 1.21. The van der Waals surface area contributed by atoms with E-state index in [1.807, 2.05) is 18.5 Å². The van der Waals surface area contributed by atoms with E-state index in [4.69, 9.17) is 5.73 Å². The zero-order valence-electron chi connectivity index (χ0n) is 10.5. The Morgan fingerprint density at radius 2 is 2.22 bits per heavy atom. The van der Waals surface area contributed by atoms with Gasteiger partial charge in [0.2, 0.25) is 0 Å². The number of hydrogen-bond acceptors (Lipinski definition) is 5. The molecule has 5 nitrogen and oxygen atoms in total. The number of aliphatic hydroxyl groups is 1. The number of nitrogens with zero attached hydrogens (tertiary/aromatic N) is 3. The Bertz CT molecular complexity index is 549. The van der Waals surface area contributed by atoms with Gasteiger partial charge in [-0.2, -0.15) is 0 Å². The van der Waals surface area contributed by atoms with Gasteiger partial charge in [-0.3, -0.25) is 4.40 Å². The maximum atomic E-state index is 9.99. The first kappa shape index (κ1) is 12.0. The molecule has 0 saturated carbocycles. The van der Waals surface area contributed by atoms with Gasteiger partial charge in [-0.15, -0.1) is 11.3 Å². The Morgan fingerprint density at radius 3 is 2.89 bits per heavy atom. The molecule has 0 spiro atoms. The zero-order chi connectivity index (χ0) is 12.8. The molecule has 3 N–H and O–H groups in total. The van der Waals surface area contributed by atoms with E-state index in [-0.39, 0.29) is 0 Å². The summed E-state index contributed by atoms with van der Waals surface area (Å²) in [5, 5.41) is 12.0. The molecule has 2 aromatic rings. The van der Waals surface area contributed by atoms with Crippen molar-refractivity contribution in [3.05, 3.63) is 17.3 Å². The molecule has 0 atom stereocenters. The highest BCUT2D eigenvalue weighted by atomic mass is 32.1. The molecule has 6 heteroatoms. The molecule has 1 saturated heterocycles. The first-order chi connectivity index (χ1) is 8.61. The van der Waals surface area contributed by atoms with Crippen LogP contribution in [0.5, 0.6) is 0 Å². The summed E-state index contributed by atoms with van der Waals surface area (Å²) >= 11 is 1.62. The van der Waals surface area contributed by atoms with Crippen LogP contribution in [0.2, 0.25) is 0 Å². The van der Waals surface area contributed by atoms with Crippen molar-refractivity contribution < 1.29 is 5.11 Å². The van der Waals surface area contributed by atoms with Crippen LogP contribution in [0.4, 0.5) is 5.82 Å². The number of hydrogen-bond donors (Lipinski definition) is 2. The second-order valence-corrected chi connectivity index (χ2v) is 6.00.